The van der Waals surface area contributed by atoms with Crippen molar-refractivity contribution in [2.45, 2.75) is 32.0 Å². The first-order valence-corrected chi connectivity index (χ1v) is 5.95. The molecule has 0 aromatic heterocycles. The molecule has 0 saturated carbocycles. The van der Waals surface area contributed by atoms with Crippen LogP contribution >= 0.6 is 0 Å². The topological polar surface area (TPSA) is 38.3 Å². The van der Waals surface area contributed by atoms with Crippen LogP contribution in [-0.4, -0.2) is 19.3 Å². The van der Waals surface area contributed by atoms with Gasteiger partial charge < -0.3 is 10.1 Å². The van der Waals surface area contributed by atoms with Crippen LogP contribution in [0.4, 0.5) is 13.2 Å². The number of hydrogen-bond acceptors (Lipinski definition) is 2. The van der Waals surface area contributed by atoms with E-state index >= 15 is 0 Å². The third kappa shape index (κ3) is 6.13. The van der Waals surface area contributed by atoms with Crippen LogP contribution in [0.5, 0.6) is 5.75 Å². The molecule has 6 heteroatoms. The molecule has 1 aromatic carbocycles. The molecule has 0 radical (unpaired) electrons. The summed E-state index contributed by atoms with van der Waals surface area (Å²) in [5.74, 6) is -0.000500. The summed E-state index contributed by atoms with van der Waals surface area (Å²) in [5.41, 5.74) is 0.945. The van der Waals surface area contributed by atoms with Gasteiger partial charge in [0.25, 0.3) is 0 Å². The van der Waals surface area contributed by atoms with Gasteiger partial charge in [-0.3, -0.25) is 4.79 Å². The van der Waals surface area contributed by atoms with Gasteiger partial charge in [0.1, 0.15) is 5.75 Å². The number of benzene rings is 1. The quantitative estimate of drug-likeness (QED) is 0.613. The van der Waals surface area contributed by atoms with Crippen LogP contribution in [0.1, 0.15) is 31.2 Å². The predicted molar refractivity (Wildman–Crippen MR) is 64.8 cm³/mol. The van der Waals surface area contributed by atoms with Gasteiger partial charge in [-0.2, -0.15) is 0 Å². The zero-order valence-electron chi connectivity index (χ0n) is 10.5. The van der Waals surface area contributed by atoms with E-state index in [0.29, 0.717) is 13.0 Å². The summed E-state index contributed by atoms with van der Waals surface area (Å²) in [5, 5.41) is 2.56. The van der Waals surface area contributed by atoms with Crippen molar-refractivity contribution in [3.8, 4) is 5.75 Å². The van der Waals surface area contributed by atoms with E-state index in [9.17, 15) is 18.0 Å². The van der Waals surface area contributed by atoms with E-state index in [1.165, 1.54) is 12.1 Å². The third-order valence-corrected chi connectivity index (χ3v) is 2.72. The Labute approximate surface area is 109 Å². The largest absolute Gasteiger partial charge is 0.573 e. The van der Waals surface area contributed by atoms with E-state index in [4.69, 9.17) is 0 Å². The summed E-state index contributed by atoms with van der Waals surface area (Å²) in [6.45, 7) is 2.59. The lowest BCUT2D eigenvalue weighted by Gasteiger charge is -2.13. The summed E-state index contributed by atoms with van der Waals surface area (Å²) in [6, 6.07) is 5.86. The Morgan fingerprint density at radius 2 is 1.95 bits per heavy atom. The molecule has 3 nitrogen and oxygen atoms in total. The molecule has 1 rings (SSSR count). The van der Waals surface area contributed by atoms with Crippen LogP contribution in [0.3, 0.4) is 0 Å². The fraction of sp³-hybridized carbons (Fsp3) is 0.462. The lowest BCUT2D eigenvalue weighted by atomic mass is 9.96. The second-order valence-electron chi connectivity index (χ2n) is 4.23. The minimum atomic E-state index is -4.66. The van der Waals surface area contributed by atoms with Gasteiger partial charge in [0.05, 0.1) is 0 Å². The van der Waals surface area contributed by atoms with Crippen LogP contribution in [0.25, 0.3) is 0 Å². The van der Waals surface area contributed by atoms with Gasteiger partial charge in [0.15, 0.2) is 0 Å². The maximum absolute atomic E-state index is 12.0. The number of ether oxygens (including phenoxy) is 1. The van der Waals surface area contributed by atoms with E-state index in [1.54, 1.807) is 12.1 Å². The zero-order valence-corrected chi connectivity index (χ0v) is 10.5. The number of carbonyl (C=O) groups is 1. The third-order valence-electron chi connectivity index (χ3n) is 2.72. The molecule has 106 valence electrons. The minimum absolute atomic E-state index is 0.216. The Kier molecular flexibility index (Phi) is 5.66. The van der Waals surface area contributed by atoms with Crippen LogP contribution in [0.2, 0.25) is 0 Å². The highest BCUT2D eigenvalue weighted by atomic mass is 19.4. The summed E-state index contributed by atoms with van der Waals surface area (Å²) >= 11 is 0. The van der Waals surface area contributed by atoms with E-state index < -0.39 is 6.36 Å². The SMILES string of the molecule is CC(CCCNC=O)c1ccc(OC(F)(F)F)cc1. The van der Waals surface area contributed by atoms with Gasteiger partial charge in [-0.25, -0.2) is 0 Å². The first-order chi connectivity index (χ1) is 8.92. The maximum atomic E-state index is 12.0. The molecule has 0 bridgehead atoms. The number of alkyl halides is 3. The minimum Gasteiger partial charge on any atom is -0.406 e. The number of rotatable bonds is 7. The van der Waals surface area contributed by atoms with Gasteiger partial charge in [0.2, 0.25) is 6.41 Å². The average molecular weight is 275 g/mol. The lowest BCUT2D eigenvalue weighted by molar-refractivity contribution is -0.274. The van der Waals surface area contributed by atoms with Crippen LogP contribution in [0.15, 0.2) is 24.3 Å². The standard InChI is InChI=1S/C13H16F3NO2/c1-10(3-2-8-17-9-18)11-4-6-12(7-5-11)19-13(14,15)16/h4-7,9-10H,2-3,8H2,1H3,(H,17,18). The molecule has 19 heavy (non-hydrogen) atoms. The normalized spacial score (nSPS) is 12.8. The van der Waals surface area contributed by atoms with E-state index in [-0.39, 0.29) is 11.7 Å². The molecule has 0 fully saturated rings. The highest BCUT2D eigenvalue weighted by Gasteiger charge is 2.30. The number of halogens is 3. The van der Waals surface area contributed by atoms with Crippen molar-refractivity contribution < 1.29 is 22.7 Å². The van der Waals surface area contributed by atoms with E-state index in [2.05, 4.69) is 10.1 Å². The molecule has 0 aliphatic heterocycles. The summed E-state index contributed by atoms with van der Waals surface area (Å²) in [7, 11) is 0. The van der Waals surface area contributed by atoms with E-state index in [1.807, 2.05) is 6.92 Å². The van der Waals surface area contributed by atoms with Gasteiger partial charge >= 0.3 is 6.36 Å². The molecule has 1 amide bonds. The van der Waals surface area contributed by atoms with Crippen LogP contribution in [-0.2, 0) is 4.79 Å². The van der Waals surface area contributed by atoms with Gasteiger partial charge in [-0.15, -0.1) is 13.2 Å². The summed E-state index contributed by atoms with van der Waals surface area (Å²) < 4.78 is 39.7. The van der Waals surface area contributed by atoms with Crippen LogP contribution in [0, 0.1) is 0 Å². The van der Waals surface area contributed by atoms with Crippen molar-refractivity contribution in [1.82, 2.24) is 5.32 Å². The second-order valence-corrected chi connectivity index (χ2v) is 4.23. The Hall–Kier alpha value is -1.72. The Morgan fingerprint density at radius 3 is 2.47 bits per heavy atom. The first-order valence-electron chi connectivity index (χ1n) is 5.95. The predicted octanol–water partition coefficient (Wildman–Crippen LogP) is 3.21. The Bertz CT molecular complexity index is 390. The van der Waals surface area contributed by atoms with Gasteiger partial charge in [-0.1, -0.05) is 19.1 Å². The van der Waals surface area contributed by atoms with Crippen molar-refractivity contribution in [2.24, 2.45) is 0 Å². The number of amides is 1. The zero-order chi connectivity index (χ0) is 14.3. The molecule has 1 aromatic rings. The van der Waals surface area contributed by atoms with Crippen molar-refractivity contribution in [3.63, 3.8) is 0 Å². The molecule has 0 saturated heterocycles. The highest BCUT2D eigenvalue weighted by Crippen LogP contribution is 2.26. The smallest absolute Gasteiger partial charge is 0.406 e. The first kappa shape index (κ1) is 15.3. The van der Waals surface area contributed by atoms with E-state index in [0.717, 1.165) is 18.4 Å². The number of carbonyl (C=O) groups excluding carboxylic acids is 1. The fourth-order valence-corrected chi connectivity index (χ4v) is 1.73. The van der Waals surface area contributed by atoms with Gasteiger partial charge in [0, 0.05) is 6.54 Å². The molecule has 1 unspecified atom stereocenters. The highest BCUT2D eigenvalue weighted by molar-refractivity contribution is 5.45. The molecular formula is C13H16F3NO2. The fourth-order valence-electron chi connectivity index (χ4n) is 1.73. The molecule has 0 aliphatic carbocycles. The second kappa shape index (κ2) is 7.01. The maximum Gasteiger partial charge on any atom is 0.573 e. The van der Waals surface area contributed by atoms with Crippen molar-refractivity contribution in [1.29, 1.82) is 0 Å². The molecular weight excluding hydrogens is 259 g/mol. The monoisotopic (exact) mass is 275 g/mol. The lowest BCUT2D eigenvalue weighted by Crippen LogP contribution is -2.17. The van der Waals surface area contributed by atoms with Crippen LogP contribution < -0.4 is 10.1 Å². The van der Waals surface area contributed by atoms with Crippen molar-refractivity contribution >= 4 is 6.41 Å². The Balaban J connectivity index is 2.48. The van der Waals surface area contributed by atoms with Crippen molar-refractivity contribution in [2.75, 3.05) is 6.54 Å². The molecule has 0 heterocycles. The number of nitrogens with one attached hydrogen (secondary N) is 1. The molecule has 0 spiro atoms. The van der Waals surface area contributed by atoms with Gasteiger partial charge in [-0.05, 0) is 36.5 Å². The molecule has 1 atom stereocenters. The Morgan fingerprint density at radius 1 is 1.32 bits per heavy atom. The molecule has 1 N–H and O–H groups in total. The molecule has 0 aliphatic rings. The summed E-state index contributed by atoms with van der Waals surface area (Å²) in [4.78, 5) is 10.1. The average Bonchev–Trinajstić information content (AvgIpc) is 2.33. The number of hydrogen-bond donors (Lipinski definition) is 1. The van der Waals surface area contributed by atoms with Crippen molar-refractivity contribution in [3.05, 3.63) is 29.8 Å². The summed E-state index contributed by atoms with van der Waals surface area (Å²) in [6.07, 6.45) is -2.34.